The van der Waals surface area contributed by atoms with E-state index < -0.39 is 5.97 Å². The van der Waals surface area contributed by atoms with E-state index in [2.05, 4.69) is 20.4 Å². The maximum absolute atomic E-state index is 11.6. The Labute approximate surface area is 110 Å². The van der Waals surface area contributed by atoms with Gasteiger partial charge in [0.25, 0.3) is 0 Å². The first kappa shape index (κ1) is 13.0. The number of esters is 1. The van der Waals surface area contributed by atoms with Gasteiger partial charge >= 0.3 is 5.97 Å². The molecule has 2 aromatic rings. The molecule has 2 heterocycles. The summed E-state index contributed by atoms with van der Waals surface area (Å²) in [7, 11) is 3.16. The molecule has 0 aliphatic carbocycles. The number of carbonyl (C=O) groups is 1. The van der Waals surface area contributed by atoms with Gasteiger partial charge in [-0.1, -0.05) is 0 Å². The van der Waals surface area contributed by atoms with Crippen LogP contribution in [0.2, 0.25) is 0 Å². The van der Waals surface area contributed by atoms with E-state index in [0.29, 0.717) is 17.5 Å². The van der Waals surface area contributed by atoms with E-state index in [1.165, 1.54) is 13.3 Å². The topological polar surface area (TPSA) is 81.9 Å². The molecule has 0 fully saturated rings. The monoisotopic (exact) mass is 261 g/mol. The van der Waals surface area contributed by atoms with Crippen LogP contribution in [0, 0.1) is 13.8 Å². The maximum atomic E-state index is 11.6. The molecule has 1 N–H and O–H groups in total. The van der Waals surface area contributed by atoms with Crippen molar-refractivity contribution >= 4 is 17.6 Å². The van der Waals surface area contributed by atoms with E-state index in [-0.39, 0.29) is 5.56 Å². The van der Waals surface area contributed by atoms with Gasteiger partial charge in [0.15, 0.2) is 5.82 Å². The van der Waals surface area contributed by atoms with E-state index in [0.717, 1.165) is 5.69 Å². The summed E-state index contributed by atoms with van der Waals surface area (Å²) in [6.45, 7) is 3.68. The minimum Gasteiger partial charge on any atom is -0.465 e. The number of hydrogen-bond acceptors (Lipinski definition) is 6. The van der Waals surface area contributed by atoms with Crippen molar-refractivity contribution in [1.29, 1.82) is 0 Å². The first-order chi connectivity index (χ1) is 9.01. The Morgan fingerprint density at radius 3 is 2.74 bits per heavy atom. The summed E-state index contributed by atoms with van der Waals surface area (Å²) in [5, 5.41) is 7.26. The number of carbonyl (C=O) groups excluding carboxylic acids is 1. The van der Waals surface area contributed by atoms with Crippen LogP contribution in [0.1, 0.15) is 21.9 Å². The maximum Gasteiger partial charge on any atom is 0.343 e. The molecule has 0 aromatic carbocycles. The zero-order valence-corrected chi connectivity index (χ0v) is 11.3. The zero-order chi connectivity index (χ0) is 14.0. The Balaban J connectivity index is 2.37. The van der Waals surface area contributed by atoms with Gasteiger partial charge in [0, 0.05) is 25.0 Å². The van der Waals surface area contributed by atoms with Gasteiger partial charge in [-0.15, -0.1) is 0 Å². The minimum absolute atomic E-state index is 0.274. The van der Waals surface area contributed by atoms with Gasteiger partial charge < -0.3 is 10.1 Å². The van der Waals surface area contributed by atoms with Crippen LogP contribution in [-0.4, -0.2) is 32.8 Å². The van der Waals surface area contributed by atoms with Crippen LogP contribution in [0.15, 0.2) is 12.3 Å². The smallest absolute Gasteiger partial charge is 0.343 e. The average molecular weight is 261 g/mol. The fourth-order valence-corrected chi connectivity index (χ4v) is 1.57. The lowest BCUT2D eigenvalue weighted by Gasteiger charge is -2.07. The van der Waals surface area contributed by atoms with Crippen molar-refractivity contribution in [3.05, 3.63) is 29.3 Å². The second-order valence-corrected chi connectivity index (χ2v) is 4.09. The molecule has 0 amide bonds. The van der Waals surface area contributed by atoms with Gasteiger partial charge in [0.05, 0.1) is 7.11 Å². The Morgan fingerprint density at radius 1 is 1.42 bits per heavy atom. The van der Waals surface area contributed by atoms with Crippen molar-refractivity contribution in [3.63, 3.8) is 0 Å². The number of methoxy groups -OCH3 is 1. The van der Waals surface area contributed by atoms with Crippen LogP contribution in [0.3, 0.4) is 0 Å². The third-order valence-electron chi connectivity index (χ3n) is 2.67. The van der Waals surface area contributed by atoms with Gasteiger partial charge in [-0.05, 0) is 13.8 Å². The molecule has 0 atom stereocenters. The Kier molecular flexibility index (Phi) is 3.46. The Bertz CT molecular complexity index is 601. The van der Waals surface area contributed by atoms with Crippen LogP contribution in [0.4, 0.5) is 11.6 Å². The summed E-state index contributed by atoms with van der Waals surface area (Å²) < 4.78 is 6.43. The van der Waals surface area contributed by atoms with Gasteiger partial charge in [0.2, 0.25) is 0 Å². The Morgan fingerprint density at radius 2 is 2.16 bits per heavy atom. The molecule has 7 heteroatoms. The van der Waals surface area contributed by atoms with Crippen LogP contribution in [0.25, 0.3) is 0 Å². The highest BCUT2D eigenvalue weighted by molar-refractivity contribution is 5.94. The van der Waals surface area contributed by atoms with Gasteiger partial charge in [-0.25, -0.2) is 14.8 Å². The SMILES string of the molecule is COC(=O)c1cnc(C)nc1Nc1cc(C)n(C)n1. The molecule has 0 spiro atoms. The third-order valence-corrected chi connectivity index (χ3v) is 2.67. The number of ether oxygens (including phenoxy) is 1. The molecule has 2 aromatic heterocycles. The van der Waals surface area contributed by atoms with Gasteiger partial charge in [-0.3, -0.25) is 4.68 Å². The fourth-order valence-electron chi connectivity index (χ4n) is 1.57. The van der Waals surface area contributed by atoms with Crippen molar-refractivity contribution in [3.8, 4) is 0 Å². The quantitative estimate of drug-likeness (QED) is 0.840. The second-order valence-electron chi connectivity index (χ2n) is 4.09. The third kappa shape index (κ3) is 2.70. The van der Waals surface area contributed by atoms with Crippen molar-refractivity contribution in [1.82, 2.24) is 19.7 Å². The van der Waals surface area contributed by atoms with Crippen LogP contribution in [-0.2, 0) is 11.8 Å². The molecular weight excluding hydrogens is 246 g/mol. The standard InChI is InChI=1S/C12H15N5O2/c1-7-5-10(16-17(7)3)15-11-9(12(18)19-4)6-13-8(2)14-11/h5-6H,1-4H3,(H,13,14,15,16). The lowest BCUT2D eigenvalue weighted by Crippen LogP contribution is -2.09. The molecule has 0 radical (unpaired) electrons. The van der Waals surface area contributed by atoms with Crippen LogP contribution < -0.4 is 5.32 Å². The summed E-state index contributed by atoms with van der Waals surface area (Å²) in [6, 6.07) is 1.86. The lowest BCUT2D eigenvalue weighted by molar-refractivity contribution is 0.0601. The summed E-state index contributed by atoms with van der Waals surface area (Å²) in [5.74, 6) is 1.07. The zero-order valence-electron chi connectivity index (χ0n) is 11.3. The minimum atomic E-state index is -0.491. The molecule has 0 saturated carbocycles. The summed E-state index contributed by atoms with van der Waals surface area (Å²) in [5.41, 5.74) is 1.27. The van der Waals surface area contributed by atoms with Crippen molar-refractivity contribution in [2.24, 2.45) is 7.05 Å². The Hall–Kier alpha value is -2.44. The van der Waals surface area contributed by atoms with Gasteiger partial charge in [0.1, 0.15) is 17.2 Å². The number of anilines is 2. The number of rotatable bonds is 3. The highest BCUT2D eigenvalue weighted by Crippen LogP contribution is 2.18. The number of hydrogen-bond donors (Lipinski definition) is 1. The second kappa shape index (κ2) is 5.05. The number of nitrogens with zero attached hydrogens (tertiary/aromatic N) is 4. The van der Waals surface area contributed by atoms with Crippen molar-refractivity contribution in [2.45, 2.75) is 13.8 Å². The fraction of sp³-hybridized carbons (Fsp3) is 0.333. The van der Waals surface area contributed by atoms with E-state index >= 15 is 0 Å². The molecule has 7 nitrogen and oxygen atoms in total. The number of nitrogens with one attached hydrogen (secondary N) is 1. The predicted molar refractivity (Wildman–Crippen MR) is 69.3 cm³/mol. The van der Waals surface area contributed by atoms with Crippen LogP contribution >= 0.6 is 0 Å². The lowest BCUT2D eigenvalue weighted by atomic mass is 10.3. The van der Waals surface area contributed by atoms with E-state index in [9.17, 15) is 4.79 Å². The summed E-state index contributed by atoms with van der Waals surface area (Å²) in [6.07, 6.45) is 1.44. The molecule has 0 bridgehead atoms. The predicted octanol–water partition coefficient (Wildman–Crippen LogP) is 1.36. The normalized spacial score (nSPS) is 10.3. The molecule has 0 saturated heterocycles. The highest BCUT2D eigenvalue weighted by atomic mass is 16.5. The van der Waals surface area contributed by atoms with Crippen molar-refractivity contribution in [2.75, 3.05) is 12.4 Å². The van der Waals surface area contributed by atoms with Crippen molar-refractivity contribution < 1.29 is 9.53 Å². The highest BCUT2D eigenvalue weighted by Gasteiger charge is 2.15. The molecule has 0 unspecified atom stereocenters. The molecule has 0 aliphatic rings. The molecular formula is C12H15N5O2. The summed E-state index contributed by atoms with van der Waals surface area (Å²) >= 11 is 0. The number of aromatic nitrogens is 4. The van der Waals surface area contributed by atoms with Gasteiger partial charge in [-0.2, -0.15) is 5.10 Å². The molecule has 2 rings (SSSR count). The van der Waals surface area contributed by atoms with E-state index in [1.54, 1.807) is 11.6 Å². The first-order valence-electron chi connectivity index (χ1n) is 5.71. The van der Waals surface area contributed by atoms with E-state index in [4.69, 9.17) is 4.74 Å². The molecule has 100 valence electrons. The molecule has 0 aliphatic heterocycles. The van der Waals surface area contributed by atoms with E-state index in [1.807, 2.05) is 20.0 Å². The van der Waals surface area contributed by atoms with Crippen LogP contribution in [0.5, 0.6) is 0 Å². The summed E-state index contributed by atoms with van der Waals surface area (Å²) in [4.78, 5) is 19.8. The first-order valence-corrected chi connectivity index (χ1v) is 5.71. The number of aryl methyl sites for hydroxylation is 3. The molecule has 19 heavy (non-hydrogen) atoms. The largest absolute Gasteiger partial charge is 0.465 e. The average Bonchev–Trinajstić information content (AvgIpc) is 2.67.